The standard InChI is InChI=1S/C14H25NO5/c1-3-19-12(20-4-2)9-15-13(16)10-7-5-6-8-11(10)14(17)18/h10-12H,3-9H2,1-2H3,(H,15,16)(H,17,18). The van der Waals surface area contributed by atoms with Crippen LogP contribution in [0.4, 0.5) is 0 Å². The third kappa shape index (κ3) is 5.09. The van der Waals surface area contributed by atoms with Crippen LogP contribution in [0.25, 0.3) is 0 Å². The normalized spacial score (nSPS) is 22.8. The van der Waals surface area contributed by atoms with Crippen molar-refractivity contribution in [1.29, 1.82) is 0 Å². The van der Waals surface area contributed by atoms with Gasteiger partial charge in [0.15, 0.2) is 6.29 Å². The topological polar surface area (TPSA) is 84.9 Å². The SMILES string of the molecule is CCOC(CNC(=O)C1CCCCC1C(=O)O)OCC. The van der Waals surface area contributed by atoms with Gasteiger partial charge in [0.05, 0.1) is 18.4 Å². The van der Waals surface area contributed by atoms with Crippen LogP contribution in [0.15, 0.2) is 0 Å². The zero-order valence-electron chi connectivity index (χ0n) is 12.3. The quantitative estimate of drug-likeness (QED) is 0.659. The molecular weight excluding hydrogens is 262 g/mol. The van der Waals surface area contributed by atoms with E-state index in [4.69, 9.17) is 9.47 Å². The lowest BCUT2D eigenvalue weighted by Gasteiger charge is -2.28. The number of aliphatic carboxylic acids is 1. The third-order valence-corrected chi connectivity index (χ3v) is 3.57. The molecule has 2 atom stereocenters. The Balaban J connectivity index is 2.48. The smallest absolute Gasteiger partial charge is 0.307 e. The summed E-state index contributed by atoms with van der Waals surface area (Å²) in [6.07, 6.45) is 2.52. The first-order chi connectivity index (χ1) is 9.60. The molecular formula is C14H25NO5. The molecule has 0 aromatic carbocycles. The van der Waals surface area contributed by atoms with Crippen LogP contribution in [0, 0.1) is 11.8 Å². The van der Waals surface area contributed by atoms with E-state index in [1.165, 1.54) is 0 Å². The van der Waals surface area contributed by atoms with E-state index in [0.29, 0.717) is 26.1 Å². The first-order valence-electron chi connectivity index (χ1n) is 7.33. The van der Waals surface area contributed by atoms with Gasteiger partial charge in [-0.15, -0.1) is 0 Å². The second-order valence-corrected chi connectivity index (χ2v) is 4.92. The number of hydrogen-bond donors (Lipinski definition) is 2. The first kappa shape index (κ1) is 16.9. The molecule has 0 radical (unpaired) electrons. The molecule has 1 aliphatic rings. The first-order valence-corrected chi connectivity index (χ1v) is 7.33. The number of nitrogens with one attached hydrogen (secondary N) is 1. The monoisotopic (exact) mass is 287 g/mol. The zero-order valence-corrected chi connectivity index (χ0v) is 12.3. The molecule has 116 valence electrons. The highest BCUT2D eigenvalue weighted by molar-refractivity contribution is 5.84. The lowest BCUT2D eigenvalue weighted by molar-refractivity contribution is -0.151. The second kappa shape index (κ2) is 8.92. The number of carbonyl (C=O) groups is 2. The number of carboxylic acid groups (broad SMARTS) is 1. The lowest BCUT2D eigenvalue weighted by atomic mass is 9.79. The maximum absolute atomic E-state index is 12.1. The molecule has 1 aliphatic carbocycles. The molecule has 1 saturated carbocycles. The summed E-state index contributed by atoms with van der Waals surface area (Å²) in [6, 6.07) is 0. The van der Waals surface area contributed by atoms with Crippen molar-refractivity contribution in [2.24, 2.45) is 11.8 Å². The molecule has 0 bridgehead atoms. The Labute approximate surface area is 119 Å². The average Bonchev–Trinajstić information content (AvgIpc) is 2.45. The van der Waals surface area contributed by atoms with Crippen molar-refractivity contribution in [3.63, 3.8) is 0 Å². The molecule has 0 aliphatic heterocycles. The van der Waals surface area contributed by atoms with Crippen LogP contribution in [0.3, 0.4) is 0 Å². The van der Waals surface area contributed by atoms with Crippen LogP contribution in [-0.4, -0.2) is 43.0 Å². The number of ether oxygens (including phenoxy) is 2. The van der Waals surface area contributed by atoms with Gasteiger partial charge in [0.1, 0.15) is 0 Å². The number of rotatable bonds is 8. The fourth-order valence-corrected chi connectivity index (χ4v) is 2.59. The maximum atomic E-state index is 12.1. The minimum absolute atomic E-state index is 0.207. The molecule has 1 fully saturated rings. The van der Waals surface area contributed by atoms with Gasteiger partial charge in [-0.25, -0.2) is 0 Å². The van der Waals surface area contributed by atoms with Gasteiger partial charge >= 0.3 is 5.97 Å². The maximum Gasteiger partial charge on any atom is 0.307 e. The van der Waals surface area contributed by atoms with Crippen LogP contribution in [0.5, 0.6) is 0 Å². The highest BCUT2D eigenvalue weighted by atomic mass is 16.7. The van der Waals surface area contributed by atoms with Gasteiger partial charge in [0.25, 0.3) is 0 Å². The van der Waals surface area contributed by atoms with Gasteiger partial charge in [-0.2, -0.15) is 0 Å². The Hall–Kier alpha value is -1.14. The van der Waals surface area contributed by atoms with Crippen molar-refractivity contribution >= 4 is 11.9 Å². The molecule has 20 heavy (non-hydrogen) atoms. The van der Waals surface area contributed by atoms with E-state index < -0.39 is 24.1 Å². The molecule has 2 unspecified atom stereocenters. The van der Waals surface area contributed by atoms with Crippen molar-refractivity contribution in [2.75, 3.05) is 19.8 Å². The van der Waals surface area contributed by atoms with Gasteiger partial charge in [-0.1, -0.05) is 12.8 Å². The molecule has 6 nitrogen and oxygen atoms in total. The number of carbonyl (C=O) groups excluding carboxylic acids is 1. The summed E-state index contributed by atoms with van der Waals surface area (Å²) >= 11 is 0. The summed E-state index contributed by atoms with van der Waals surface area (Å²) in [5.41, 5.74) is 0. The lowest BCUT2D eigenvalue weighted by Crippen LogP contribution is -2.43. The Bertz CT molecular complexity index is 315. The molecule has 0 saturated heterocycles. The van der Waals surface area contributed by atoms with Gasteiger partial charge in [0, 0.05) is 13.2 Å². The molecule has 0 aromatic heterocycles. The molecule has 1 rings (SSSR count). The van der Waals surface area contributed by atoms with Crippen molar-refractivity contribution in [2.45, 2.75) is 45.8 Å². The van der Waals surface area contributed by atoms with Crippen LogP contribution in [-0.2, 0) is 19.1 Å². The van der Waals surface area contributed by atoms with Crippen molar-refractivity contribution in [1.82, 2.24) is 5.32 Å². The number of hydrogen-bond acceptors (Lipinski definition) is 4. The van der Waals surface area contributed by atoms with E-state index in [-0.39, 0.29) is 12.5 Å². The minimum Gasteiger partial charge on any atom is -0.481 e. The molecule has 1 amide bonds. The van der Waals surface area contributed by atoms with E-state index in [1.54, 1.807) is 0 Å². The van der Waals surface area contributed by atoms with Gasteiger partial charge in [0.2, 0.25) is 5.91 Å². The Morgan fingerprint density at radius 2 is 1.70 bits per heavy atom. The van der Waals surface area contributed by atoms with Gasteiger partial charge in [-0.05, 0) is 26.7 Å². The van der Waals surface area contributed by atoms with Crippen LogP contribution in [0.2, 0.25) is 0 Å². The predicted octanol–water partition coefficient (Wildman–Crippen LogP) is 1.39. The van der Waals surface area contributed by atoms with E-state index in [1.807, 2.05) is 13.8 Å². The van der Waals surface area contributed by atoms with Gasteiger partial charge < -0.3 is 19.9 Å². The largest absolute Gasteiger partial charge is 0.481 e. The Kier molecular flexibility index (Phi) is 7.54. The summed E-state index contributed by atoms with van der Waals surface area (Å²) in [5, 5.41) is 11.9. The summed E-state index contributed by atoms with van der Waals surface area (Å²) in [5.74, 6) is -2.09. The molecule has 0 heterocycles. The summed E-state index contributed by atoms with van der Waals surface area (Å²) < 4.78 is 10.7. The molecule has 6 heteroatoms. The van der Waals surface area contributed by atoms with Crippen molar-refractivity contribution in [3.05, 3.63) is 0 Å². The predicted molar refractivity (Wildman–Crippen MR) is 73.1 cm³/mol. The zero-order chi connectivity index (χ0) is 15.0. The molecule has 0 aromatic rings. The van der Waals surface area contributed by atoms with E-state index in [2.05, 4.69) is 5.32 Å². The van der Waals surface area contributed by atoms with Gasteiger partial charge in [-0.3, -0.25) is 9.59 Å². The summed E-state index contributed by atoms with van der Waals surface area (Å²) in [6.45, 7) is 4.97. The number of carboxylic acids is 1. The average molecular weight is 287 g/mol. The fraction of sp³-hybridized carbons (Fsp3) is 0.857. The third-order valence-electron chi connectivity index (χ3n) is 3.57. The van der Waals surface area contributed by atoms with E-state index in [0.717, 1.165) is 12.8 Å². The van der Waals surface area contributed by atoms with E-state index >= 15 is 0 Å². The Morgan fingerprint density at radius 3 is 2.20 bits per heavy atom. The van der Waals surface area contributed by atoms with Crippen LogP contribution in [0.1, 0.15) is 39.5 Å². The minimum atomic E-state index is -0.879. The summed E-state index contributed by atoms with van der Waals surface area (Å²) in [7, 11) is 0. The fourth-order valence-electron chi connectivity index (χ4n) is 2.59. The highest BCUT2D eigenvalue weighted by Crippen LogP contribution is 2.30. The molecule has 2 N–H and O–H groups in total. The highest BCUT2D eigenvalue weighted by Gasteiger charge is 2.35. The second-order valence-electron chi connectivity index (χ2n) is 4.92. The van der Waals surface area contributed by atoms with E-state index in [9.17, 15) is 14.7 Å². The van der Waals surface area contributed by atoms with Crippen molar-refractivity contribution in [3.8, 4) is 0 Å². The number of amides is 1. The summed E-state index contributed by atoms with van der Waals surface area (Å²) in [4.78, 5) is 23.3. The van der Waals surface area contributed by atoms with Crippen LogP contribution >= 0.6 is 0 Å². The van der Waals surface area contributed by atoms with Crippen molar-refractivity contribution < 1.29 is 24.2 Å². The Morgan fingerprint density at radius 1 is 1.15 bits per heavy atom. The van der Waals surface area contributed by atoms with Crippen LogP contribution < -0.4 is 5.32 Å². The molecule has 0 spiro atoms.